The van der Waals surface area contributed by atoms with Crippen LogP contribution in [-0.2, 0) is 23.9 Å². The first-order valence-electron chi connectivity index (χ1n) is 6.54. The van der Waals surface area contributed by atoms with Crippen LogP contribution in [0.1, 0.15) is 27.2 Å². The summed E-state index contributed by atoms with van der Waals surface area (Å²) in [6.45, 7) is 6.14. The summed E-state index contributed by atoms with van der Waals surface area (Å²) in [7, 11) is 1.27. The van der Waals surface area contributed by atoms with Gasteiger partial charge < -0.3 is 19.7 Å². The van der Waals surface area contributed by atoms with Crippen molar-refractivity contribution >= 4 is 17.8 Å². The Balaban J connectivity index is 2.56. The highest BCUT2D eigenvalue weighted by Gasteiger charge is 2.32. The normalized spacial score (nSPS) is 19.7. The van der Waals surface area contributed by atoms with Gasteiger partial charge in [0.05, 0.1) is 19.6 Å². The van der Waals surface area contributed by atoms with Crippen LogP contribution in [0.15, 0.2) is 0 Å². The van der Waals surface area contributed by atoms with Crippen LogP contribution >= 0.6 is 0 Å². The molecule has 1 heterocycles. The van der Waals surface area contributed by atoms with Crippen LogP contribution in [-0.4, -0.2) is 61.1 Å². The van der Waals surface area contributed by atoms with Crippen molar-refractivity contribution in [2.75, 3.05) is 26.7 Å². The first-order valence-corrected chi connectivity index (χ1v) is 6.54. The van der Waals surface area contributed by atoms with Gasteiger partial charge in [-0.05, 0) is 20.8 Å². The highest BCUT2D eigenvalue weighted by molar-refractivity contribution is 5.89. The van der Waals surface area contributed by atoms with Crippen molar-refractivity contribution in [2.45, 2.75) is 38.8 Å². The molecule has 1 amide bonds. The minimum atomic E-state index is -0.640. The smallest absolute Gasteiger partial charge is 0.326 e. The summed E-state index contributed by atoms with van der Waals surface area (Å²) in [5, 5.41) is 2.94. The molecule has 1 fully saturated rings. The van der Waals surface area contributed by atoms with E-state index in [0.717, 1.165) is 0 Å². The summed E-state index contributed by atoms with van der Waals surface area (Å²) < 4.78 is 9.72. The van der Waals surface area contributed by atoms with Gasteiger partial charge >= 0.3 is 11.9 Å². The Labute approximate surface area is 118 Å². The monoisotopic (exact) mass is 286 g/mol. The summed E-state index contributed by atoms with van der Waals surface area (Å²) in [5.74, 6) is -1.20. The lowest BCUT2D eigenvalue weighted by Crippen LogP contribution is -2.57. The van der Waals surface area contributed by atoms with E-state index in [4.69, 9.17) is 4.74 Å². The Kier molecular flexibility index (Phi) is 5.50. The zero-order chi connectivity index (χ0) is 15.3. The van der Waals surface area contributed by atoms with Gasteiger partial charge in [0.1, 0.15) is 12.1 Å². The number of nitrogens with zero attached hydrogens (tertiary/aromatic N) is 1. The van der Waals surface area contributed by atoms with Gasteiger partial charge in [0.25, 0.3) is 0 Å². The van der Waals surface area contributed by atoms with Crippen LogP contribution in [0.25, 0.3) is 0 Å². The number of esters is 2. The number of hydrogen-bond acceptors (Lipinski definition) is 6. The summed E-state index contributed by atoms with van der Waals surface area (Å²) in [6, 6.07) is -0.640. The number of hydrogen-bond donors (Lipinski definition) is 1. The number of amides is 1. The minimum Gasteiger partial charge on any atom is -0.469 e. The molecule has 114 valence electrons. The van der Waals surface area contributed by atoms with E-state index in [9.17, 15) is 14.4 Å². The fourth-order valence-corrected chi connectivity index (χ4v) is 1.89. The molecule has 0 aromatic carbocycles. The van der Waals surface area contributed by atoms with Crippen molar-refractivity contribution in [3.63, 3.8) is 0 Å². The lowest BCUT2D eigenvalue weighted by atomic mass is 10.1. The maximum Gasteiger partial charge on any atom is 0.326 e. The quantitative estimate of drug-likeness (QED) is 0.714. The van der Waals surface area contributed by atoms with Crippen LogP contribution in [0.3, 0.4) is 0 Å². The van der Waals surface area contributed by atoms with Crippen molar-refractivity contribution < 1.29 is 23.9 Å². The first kappa shape index (κ1) is 16.4. The average Bonchev–Trinajstić information content (AvgIpc) is 2.31. The summed E-state index contributed by atoms with van der Waals surface area (Å²) in [4.78, 5) is 36.5. The van der Waals surface area contributed by atoms with Gasteiger partial charge in [-0.15, -0.1) is 0 Å². The van der Waals surface area contributed by atoms with Crippen molar-refractivity contribution in [3.05, 3.63) is 0 Å². The number of carbonyl (C=O) groups is 3. The Hall–Kier alpha value is -1.63. The summed E-state index contributed by atoms with van der Waals surface area (Å²) in [6.07, 6.45) is -0.0415. The van der Waals surface area contributed by atoms with E-state index in [1.165, 1.54) is 12.0 Å². The number of rotatable bonds is 4. The van der Waals surface area contributed by atoms with E-state index in [1.54, 1.807) is 20.8 Å². The second-order valence-electron chi connectivity index (χ2n) is 5.63. The van der Waals surface area contributed by atoms with Crippen molar-refractivity contribution in [2.24, 2.45) is 0 Å². The number of carbonyl (C=O) groups excluding carboxylic acids is 3. The van der Waals surface area contributed by atoms with Gasteiger partial charge in [-0.3, -0.25) is 14.4 Å². The third-order valence-electron chi connectivity index (χ3n) is 2.72. The molecule has 0 saturated carbocycles. The third-order valence-corrected chi connectivity index (χ3v) is 2.72. The molecular formula is C13H22N2O5. The molecule has 7 heteroatoms. The maximum absolute atomic E-state index is 12.1. The lowest BCUT2D eigenvalue weighted by Gasteiger charge is -2.32. The average molecular weight is 286 g/mol. The van der Waals surface area contributed by atoms with E-state index in [-0.39, 0.29) is 18.9 Å². The van der Waals surface area contributed by atoms with Gasteiger partial charge in [0.2, 0.25) is 5.91 Å². The molecule has 1 aliphatic rings. The number of ether oxygens (including phenoxy) is 2. The SMILES string of the molecule is COC(=O)C[C@@H]1NCCN(CC(=O)OC(C)(C)C)C1=O. The van der Waals surface area contributed by atoms with Crippen LogP contribution < -0.4 is 5.32 Å². The Morgan fingerprint density at radius 1 is 1.35 bits per heavy atom. The fraction of sp³-hybridized carbons (Fsp3) is 0.769. The zero-order valence-electron chi connectivity index (χ0n) is 12.4. The van der Waals surface area contributed by atoms with Gasteiger partial charge in [-0.2, -0.15) is 0 Å². The molecule has 1 atom stereocenters. The first-order chi connectivity index (χ1) is 9.23. The largest absolute Gasteiger partial charge is 0.469 e. The zero-order valence-corrected chi connectivity index (χ0v) is 12.4. The second kappa shape index (κ2) is 6.69. The summed E-state index contributed by atoms with van der Waals surface area (Å²) >= 11 is 0. The molecule has 1 rings (SSSR count). The Morgan fingerprint density at radius 2 is 2.00 bits per heavy atom. The topological polar surface area (TPSA) is 84.9 Å². The van der Waals surface area contributed by atoms with Gasteiger partial charge in [0, 0.05) is 13.1 Å². The minimum absolute atomic E-state index is 0.0415. The Morgan fingerprint density at radius 3 is 2.55 bits per heavy atom. The standard InChI is InChI=1S/C13H22N2O5/c1-13(2,3)20-11(17)8-15-6-5-14-9(12(15)18)7-10(16)19-4/h9,14H,5-8H2,1-4H3/t9-/m0/s1. The van der Waals surface area contributed by atoms with E-state index in [0.29, 0.717) is 13.1 Å². The Bertz CT molecular complexity index is 389. The van der Waals surface area contributed by atoms with E-state index in [1.807, 2.05) is 0 Å². The molecule has 7 nitrogen and oxygen atoms in total. The van der Waals surface area contributed by atoms with Gasteiger partial charge in [-0.1, -0.05) is 0 Å². The molecule has 20 heavy (non-hydrogen) atoms. The van der Waals surface area contributed by atoms with Crippen LogP contribution in [0.2, 0.25) is 0 Å². The molecule has 0 radical (unpaired) electrons. The van der Waals surface area contributed by atoms with E-state index in [2.05, 4.69) is 10.1 Å². The lowest BCUT2D eigenvalue weighted by molar-refractivity contribution is -0.160. The number of nitrogens with one attached hydrogen (secondary N) is 1. The second-order valence-corrected chi connectivity index (χ2v) is 5.63. The van der Waals surface area contributed by atoms with E-state index >= 15 is 0 Å². The van der Waals surface area contributed by atoms with E-state index < -0.39 is 23.6 Å². The molecule has 0 aliphatic carbocycles. The molecule has 1 aliphatic heterocycles. The van der Waals surface area contributed by atoms with Gasteiger partial charge in [-0.25, -0.2) is 0 Å². The highest BCUT2D eigenvalue weighted by atomic mass is 16.6. The van der Waals surface area contributed by atoms with Crippen LogP contribution in [0.5, 0.6) is 0 Å². The molecule has 1 saturated heterocycles. The number of methoxy groups -OCH3 is 1. The summed E-state index contributed by atoms with van der Waals surface area (Å²) in [5.41, 5.74) is -0.584. The predicted molar refractivity (Wildman–Crippen MR) is 70.8 cm³/mol. The maximum atomic E-state index is 12.1. The van der Waals surface area contributed by atoms with Gasteiger partial charge in [0.15, 0.2) is 0 Å². The van der Waals surface area contributed by atoms with Crippen molar-refractivity contribution in [1.82, 2.24) is 10.2 Å². The molecule has 0 unspecified atom stereocenters. The third kappa shape index (κ3) is 5.16. The molecular weight excluding hydrogens is 264 g/mol. The molecule has 0 spiro atoms. The molecule has 1 N–H and O–H groups in total. The van der Waals surface area contributed by atoms with Crippen molar-refractivity contribution in [3.8, 4) is 0 Å². The van der Waals surface area contributed by atoms with Crippen molar-refractivity contribution in [1.29, 1.82) is 0 Å². The molecule has 0 aromatic rings. The predicted octanol–water partition coefficient (Wildman–Crippen LogP) is -0.308. The highest BCUT2D eigenvalue weighted by Crippen LogP contribution is 2.10. The molecule has 0 aromatic heterocycles. The fourth-order valence-electron chi connectivity index (χ4n) is 1.89. The number of piperazine rings is 1. The molecule has 0 bridgehead atoms. The van der Waals surface area contributed by atoms with Crippen LogP contribution in [0.4, 0.5) is 0 Å². The van der Waals surface area contributed by atoms with Crippen LogP contribution in [0, 0.1) is 0 Å².